The Morgan fingerprint density at radius 1 is 0.913 bits per heavy atom. The Bertz CT molecular complexity index is 645. The van der Waals surface area contributed by atoms with E-state index in [0.717, 1.165) is 23.5 Å². The van der Waals surface area contributed by atoms with E-state index in [1.165, 1.54) is 25.7 Å². The molecule has 0 unspecified atom stereocenters. The van der Waals surface area contributed by atoms with Gasteiger partial charge in [-0.2, -0.15) is 0 Å². The smallest absolute Gasteiger partial charge is 0.173 e. The van der Waals surface area contributed by atoms with Crippen LogP contribution in [0.3, 0.4) is 0 Å². The first kappa shape index (κ1) is 16.9. The lowest BCUT2D eigenvalue weighted by Gasteiger charge is -2.04. The molecule has 0 radical (unpaired) electrons. The van der Waals surface area contributed by atoms with Crippen LogP contribution in [0.5, 0.6) is 5.75 Å². The van der Waals surface area contributed by atoms with Crippen LogP contribution in [0.2, 0.25) is 0 Å². The summed E-state index contributed by atoms with van der Waals surface area (Å²) in [5, 5.41) is 0. The van der Waals surface area contributed by atoms with Crippen molar-refractivity contribution in [2.75, 3.05) is 0 Å². The predicted molar refractivity (Wildman–Crippen MR) is 97.2 cm³/mol. The summed E-state index contributed by atoms with van der Waals surface area (Å²) in [6, 6.07) is 19.8. The van der Waals surface area contributed by atoms with Gasteiger partial charge in [-0.1, -0.05) is 68.5 Å². The first-order chi connectivity index (χ1) is 11.4. The monoisotopic (exact) mass is 304 g/mol. The SMILES string of the molecule is CCCCCC/C=C(/C#Cc1ccccc1)Oc1ccccc1. The van der Waals surface area contributed by atoms with Crippen LogP contribution in [0, 0.1) is 11.8 Å². The molecular formula is C22H24O. The van der Waals surface area contributed by atoms with Crippen LogP contribution in [0.25, 0.3) is 0 Å². The molecule has 0 saturated carbocycles. The molecule has 0 fully saturated rings. The highest BCUT2D eigenvalue weighted by molar-refractivity contribution is 5.40. The van der Waals surface area contributed by atoms with Gasteiger partial charge in [0.1, 0.15) is 5.75 Å². The first-order valence-corrected chi connectivity index (χ1v) is 8.38. The van der Waals surface area contributed by atoms with Gasteiger partial charge in [0.15, 0.2) is 5.76 Å². The molecule has 0 aliphatic heterocycles. The maximum atomic E-state index is 5.93. The van der Waals surface area contributed by atoms with Crippen molar-refractivity contribution in [3.05, 3.63) is 78.1 Å². The van der Waals surface area contributed by atoms with Gasteiger partial charge < -0.3 is 4.74 Å². The molecule has 23 heavy (non-hydrogen) atoms. The van der Waals surface area contributed by atoms with E-state index in [4.69, 9.17) is 4.74 Å². The highest BCUT2D eigenvalue weighted by atomic mass is 16.5. The normalized spacial score (nSPS) is 10.7. The minimum atomic E-state index is 0.733. The summed E-state index contributed by atoms with van der Waals surface area (Å²) in [6.07, 6.45) is 8.10. The molecule has 0 heterocycles. The lowest BCUT2D eigenvalue weighted by molar-refractivity contribution is 0.446. The van der Waals surface area contributed by atoms with Crippen molar-refractivity contribution in [2.24, 2.45) is 0 Å². The van der Waals surface area contributed by atoms with E-state index in [1.54, 1.807) is 0 Å². The molecule has 118 valence electrons. The second-order valence-corrected chi connectivity index (χ2v) is 5.45. The molecule has 0 amide bonds. The maximum absolute atomic E-state index is 5.93. The predicted octanol–water partition coefficient (Wildman–Crippen LogP) is 5.97. The van der Waals surface area contributed by atoms with E-state index in [2.05, 4.69) is 24.8 Å². The summed E-state index contributed by atoms with van der Waals surface area (Å²) in [7, 11) is 0. The number of unbranched alkanes of at least 4 members (excludes halogenated alkanes) is 4. The van der Waals surface area contributed by atoms with E-state index in [9.17, 15) is 0 Å². The van der Waals surface area contributed by atoms with Crippen LogP contribution < -0.4 is 4.74 Å². The molecule has 0 atom stereocenters. The van der Waals surface area contributed by atoms with Crippen molar-refractivity contribution < 1.29 is 4.74 Å². The average molecular weight is 304 g/mol. The van der Waals surface area contributed by atoms with Crippen molar-refractivity contribution in [2.45, 2.75) is 39.0 Å². The minimum Gasteiger partial charge on any atom is -0.449 e. The van der Waals surface area contributed by atoms with Crippen LogP contribution in [-0.2, 0) is 0 Å². The van der Waals surface area contributed by atoms with Gasteiger partial charge in [-0.15, -0.1) is 0 Å². The highest BCUT2D eigenvalue weighted by Gasteiger charge is 1.97. The van der Waals surface area contributed by atoms with Gasteiger partial charge in [0.25, 0.3) is 0 Å². The van der Waals surface area contributed by atoms with E-state index < -0.39 is 0 Å². The van der Waals surface area contributed by atoms with Gasteiger partial charge in [-0.05, 0) is 49.1 Å². The van der Waals surface area contributed by atoms with E-state index in [1.807, 2.05) is 60.7 Å². The van der Waals surface area contributed by atoms with Crippen molar-refractivity contribution in [1.29, 1.82) is 0 Å². The topological polar surface area (TPSA) is 9.23 Å². The van der Waals surface area contributed by atoms with E-state index in [-0.39, 0.29) is 0 Å². The molecule has 0 bridgehead atoms. The Labute approximate surface area is 140 Å². The highest BCUT2D eigenvalue weighted by Crippen LogP contribution is 2.14. The molecule has 0 N–H and O–H groups in total. The summed E-state index contributed by atoms with van der Waals surface area (Å²) in [5.74, 6) is 7.90. The number of hydrogen-bond donors (Lipinski definition) is 0. The quantitative estimate of drug-likeness (QED) is 0.348. The average Bonchev–Trinajstić information content (AvgIpc) is 2.61. The number of benzene rings is 2. The number of rotatable bonds is 7. The van der Waals surface area contributed by atoms with Crippen LogP contribution in [0.1, 0.15) is 44.6 Å². The molecule has 0 spiro atoms. The lowest BCUT2D eigenvalue weighted by atomic mass is 10.1. The number of para-hydroxylation sites is 1. The number of ether oxygens (including phenoxy) is 1. The summed E-state index contributed by atoms with van der Waals surface area (Å²) in [5.41, 5.74) is 1.00. The van der Waals surface area contributed by atoms with Crippen LogP contribution in [0.4, 0.5) is 0 Å². The molecule has 2 rings (SSSR count). The minimum absolute atomic E-state index is 0.733. The van der Waals surface area contributed by atoms with Gasteiger partial charge >= 0.3 is 0 Å². The molecule has 1 nitrogen and oxygen atoms in total. The third-order valence-corrected chi connectivity index (χ3v) is 3.46. The first-order valence-electron chi connectivity index (χ1n) is 8.38. The Kier molecular flexibility index (Phi) is 7.57. The fourth-order valence-electron chi connectivity index (χ4n) is 2.19. The second kappa shape index (κ2) is 10.3. The van der Waals surface area contributed by atoms with Crippen molar-refractivity contribution in [3.63, 3.8) is 0 Å². The standard InChI is InChI=1S/C22H24O/c1-2-3-4-5-10-17-22(23-21-15-11-7-12-16-21)19-18-20-13-8-6-9-14-20/h6-9,11-17H,2-5,10H2,1H3/b22-17-. The van der Waals surface area contributed by atoms with Crippen molar-refractivity contribution >= 4 is 0 Å². The third-order valence-electron chi connectivity index (χ3n) is 3.46. The van der Waals surface area contributed by atoms with Crippen molar-refractivity contribution in [3.8, 4) is 17.6 Å². The largest absolute Gasteiger partial charge is 0.449 e. The molecule has 1 heteroatoms. The van der Waals surface area contributed by atoms with Gasteiger partial charge in [-0.3, -0.25) is 0 Å². The third kappa shape index (κ3) is 6.89. The Morgan fingerprint density at radius 2 is 1.61 bits per heavy atom. The number of allylic oxidation sites excluding steroid dienone is 2. The Balaban J connectivity index is 2.05. The molecular weight excluding hydrogens is 280 g/mol. The Hall–Kier alpha value is -2.46. The molecule has 0 aromatic heterocycles. The maximum Gasteiger partial charge on any atom is 0.173 e. The fraction of sp³-hybridized carbons (Fsp3) is 0.273. The van der Waals surface area contributed by atoms with Gasteiger partial charge in [0.05, 0.1) is 0 Å². The van der Waals surface area contributed by atoms with Crippen LogP contribution >= 0.6 is 0 Å². The summed E-state index contributed by atoms with van der Waals surface area (Å²) >= 11 is 0. The number of hydrogen-bond acceptors (Lipinski definition) is 1. The fourth-order valence-corrected chi connectivity index (χ4v) is 2.19. The lowest BCUT2D eigenvalue weighted by Crippen LogP contribution is -1.93. The van der Waals surface area contributed by atoms with Gasteiger partial charge in [0.2, 0.25) is 0 Å². The Morgan fingerprint density at radius 3 is 2.30 bits per heavy atom. The van der Waals surface area contributed by atoms with Crippen LogP contribution in [-0.4, -0.2) is 0 Å². The molecule has 0 saturated heterocycles. The molecule has 2 aromatic carbocycles. The van der Waals surface area contributed by atoms with E-state index >= 15 is 0 Å². The molecule has 0 aliphatic rings. The van der Waals surface area contributed by atoms with Gasteiger partial charge in [0, 0.05) is 5.56 Å². The summed E-state index contributed by atoms with van der Waals surface area (Å²) in [6.45, 7) is 2.23. The van der Waals surface area contributed by atoms with Gasteiger partial charge in [-0.25, -0.2) is 0 Å². The molecule has 0 aliphatic carbocycles. The summed E-state index contributed by atoms with van der Waals surface area (Å²) < 4.78 is 5.93. The second-order valence-electron chi connectivity index (χ2n) is 5.45. The van der Waals surface area contributed by atoms with Crippen molar-refractivity contribution in [1.82, 2.24) is 0 Å². The van der Waals surface area contributed by atoms with Crippen LogP contribution in [0.15, 0.2) is 72.5 Å². The zero-order valence-corrected chi connectivity index (χ0v) is 13.8. The zero-order valence-electron chi connectivity index (χ0n) is 13.8. The van der Waals surface area contributed by atoms with E-state index in [0.29, 0.717) is 0 Å². The zero-order chi connectivity index (χ0) is 16.2. The summed E-state index contributed by atoms with van der Waals surface area (Å²) in [4.78, 5) is 0. The molecule has 2 aromatic rings.